The highest BCUT2D eigenvalue weighted by Crippen LogP contribution is 2.28. The molecular weight excluding hydrogens is 420 g/mol. The molecular formula is C19H23ClN2O6S. The lowest BCUT2D eigenvalue weighted by Crippen LogP contribution is -2.30. The summed E-state index contributed by atoms with van der Waals surface area (Å²) in [6.07, 6.45) is 0.710. The molecule has 0 aliphatic rings. The minimum atomic E-state index is -3.81. The summed E-state index contributed by atoms with van der Waals surface area (Å²) in [5.74, 6) is 0.554. The van der Waals surface area contributed by atoms with Gasteiger partial charge in [-0.3, -0.25) is 9.52 Å². The van der Waals surface area contributed by atoms with Gasteiger partial charge in [-0.05, 0) is 48.9 Å². The topological polar surface area (TPSA) is 103 Å². The summed E-state index contributed by atoms with van der Waals surface area (Å²) < 4.78 is 42.8. The number of amides is 1. The number of anilines is 1. The van der Waals surface area contributed by atoms with Crippen LogP contribution in [-0.4, -0.2) is 48.3 Å². The predicted molar refractivity (Wildman–Crippen MR) is 110 cm³/mol. The fourth-order valence-electron chi connectivity index (χ4n) is 2.30. The van der Waals surface area contributed by atoms with Gasteiger partial charge in [0.05, 0.1) is 22.7 Å². The van der Waals surface area contributed by atoms with Crippen LogP contribution in [0.3, 0.4) is 0 Å². The van der Waals surface area contributed by atoms with Gasteiger partial charge in [-0.2, -0.15) is 0 Å². The van der Waals surface area contributed by atoms with Crippen LogP contribution in [0.15, 0.2) is 47.4 Å². The zero-order chi connectivity index (χ0) is 21.3. The summed E-state index contributed by atoms with van der Waals surface area (Å²) in [4.78, 5) is 11.7. The molecule has 0 bridgehead atoms. The van der Waals surface area contributed by atoms with Crippen LogP contribution in [0.2, 0.25) is 5.02 Å². The van der Waals surface area contributed by atoms with Crippen LogP contribution in [0.25, 0.3) is 0 Å². The van der Waals surface area contributed by atoms with Gasteiger partial charge in [-0.15, -0.1) is 0 Å². The Kier molecular flexibility index (Phi) is 8.56. The zero-order valence-corrected chi connectivity index (χ0v) is 17.7. The number of hydrogen-bond donors (Lipinski definition) is 2. The first-order valence-electron chi connectivity index (χ1n) is 8.70. The van der Waals surface area contributed by atoms with Crippen molar-refractivity contribution in [3.8, 4) is 11.5 Å². The van der Waals surface area contributed by atoms with E-state index in [9.17, 15) is 13.2 Å². The summed E-state index contributed by atoms with van der Waals surface area (Å²) in [5.41, 5.74) is 0.307. The van der Waals surface area contributed by atoms with Crippen LogP contribution in [0.4, 0.5) is 5.69 Å². The van der Waals surface area contributed by atoms with Crippen molar-refractivity contribution < 1.29 is 27.4 Å². The Hall–Kier alpha value is -2.49. The van der Waals surface area contributed by atoms with Crippen molar-refractivity contribution in [2.75, 3.05) is 38.7 Å². The summed E-state index contributed by atoms with van der Waals surface area (Å²) in [5, 5.41) is 2.98. The molecule has 10 heteroatoms. The van der Waals surface area contributed by atoms with Gasteiger partial charge in [0.15, 0.2) is 6.61 Å². The third kappa shape index (κ3) is 7.12. The number of sulfonamides is 1. The van der Waals surface area contributed by atoms with Gasteiger partial charge in [0.25, 0.3) is 15.9 Å². The third-order valence-electron chi connectivity index (χ3n) is 3.76. The van der Waals surface area contributed by atoms with Crippen molar-refractivity contribution >= 4 is 33.2 Å². The molecule has 8 nitrogen and oxygen atoms in total. The highest BCUT2D eigenvalue weighted by Gasteiger charge is 2.15. The monoisotopic (exact) mass is 442 g/mol. The molecule has 0 aromatic heterocycles. The van der Waals surface area contributed by atoms with E-state index in [1.54, 1.807) is 19.2 Å². The van der Waals surface area contributed by atoms with Gasteiger partial charge < -0.3 is 19.5 Å². The van der Waals surface area contributed by atoms with E-state index in [4.69, 9.17) is 25.8 Å². The Morgan fingerprint density at radius 2 is 1.83 bits per heavy atom. The number of hydrogen-bond acceptors (Lipinski definition) is 6. The average Bonchev–Trinajstić information content (AvgIpc) is 2.70. The maximum Gasteiger partial charge on any atom is 0.261 e. The lowest BCUT2D eigenvalue weighted by atomic mass is 10.3. The largest absolute Gasteiger partial charge is 0.495 e. The number of benzene rings is 2. The number of halogens is 1. The molecule has 0 atom stereocenters. The van der Waals surface area contributed by atoms with Gasteiger partial charge in [-0.25, -0.2) is 8.42 Å². The van der Waals surface area contributed by atoms with E-state index in [2.05, 4.69) is 10.0 Å². The standard InChI is InChI=1S/C19H23ClN2O6S/c1-26-11-3-10-21-19(23)13-28-15-5-7-16(8-6-15)29(24,25)22-14-4-9-18(27-2)17(20)12-14/h4-9,12,22H,3,10-11,13H2,1-2H3,(H,21,23). The molecule has 29 heavy (non-hydrogen) atoms. The Balaban J connectivity index is 1.92. The molecule has 0 heterocycles. The Morgan fingerprint density at radius 1 is 1.10 bits per heavy atom. The summed E-state index contributed by atoms with van der Waals surface area (Å²) >= 11 is 6.02. The van der Waals surface area contributed by atoms with Crippen LogP contribution in [0.5, 0.6) is 11.5 Å². The lowest BCUT2D eigenvalue weighted by molar-refractivity contribution is -0.123. The van der Waals surface area contributed by atoms with Gasteiger partial charge in [-0.1, -0.05) is 11.6 Å². The van der Waals surface area contributed by atoms with Crippen molar-refractivity contribution in [2.24, 2.45) is 0 Å². The minimum Gasteiger partial charge on any atom is -0.495 e. The van der Waals surface area contributed by atoms with E-state index in [1.807, 2.05) is 0 Å². The number of methoxy groups -OCH3 is 2. The Labute approximate surface area is 175 Å². The maximum absolute atomic E-state index is 12.5. The van der Waals surface area contributed by atoms with Crippen LogP contribution in [-0.2, 0) is 19.6 Å². The molecule has 0 saturated carbocycles. The Morgan fingerprint density at radius 3 is 2.45 bits per heavy atom. The van der Waals surface area contributed by atoms with Crippen molar-refractivity contribution in [2.45, 2.75) is 11.3 Å². The number of carbonyl (C=O) groups is 1. The molecule has 0 saturated heterocycles. The molecule has 0 radical (unpaired) electrons. The van der Waals surface area contributed by atoms with Crippen LogP contribution in [0.1, 0.15) is 6.42 Å². The SMILES string of the molecule is COCCCNC(=O)COc1ccc(S(=O)(=O)Nc2ccc(OC)c(Cl)c2)cc1. The molecule has 0 aliphatic heterocycles. The highest BCUT2D eigenvalue weighted by molar-refractivity contribution is 7.92. The third-order valence-corrected chi connectivity index (χ3v) is 5.45. The molecule has 0 fully saturated rings. The zero-order valence-electron chi connectivity index (χ0n) is 16.1. The number of carbonyl (C=O) groups excluding carboxylic acids is 1. The molecule has 0 unspecified atom stereocenters. The van der Waals surface area contributed by atoms with Crippen LogP contribution >= 0.6 is 11.6 Å². The van der Waals surface area contributed by atoms with E-state index >= 15 is 0 Å². The number of rotatable bonds is 11. The molecule has 1 amide bonds. The normalized spacial score (nSPS) is 11.0. The van der Waals surface area contributed by atoms with E-state index in [0.29, 0.717) is 36.8 Å². The number of nitrogens with one attached hydrogen (secondary N) is 2. The smallest absolute Gasteiger partial charge is 0.261 e. The quantitative estimate of drug-likeness (QED) is 0.518. The fraction of sp³-hybridized carbons (Fsp3) is 0.316. The second-order valence-corrected chi connectivity index (χ2v) is 8.00. The van der Waals surface area contributed by atoms with Crippen LogP contribution in [0, 0.1) is 0 Å². The molecule has 0 spiro atoms. The second-order valence-electron chi connectivity index (χ2n) is 5.91. The maximum atomic E-state index is 12.5. The number of ether oxygens (including phenoxy) is 3. The Bertz CT molecular complexity index is 919. The molecule has 0 aliphatic carbocycles. The van der Waals surface area contributed by atoms with Crippen molar-refractivity contribution in [3.63, 3.8) is 0 Å². The molecule has 2 N–H and O–H groups in total. The first kappa shape index (κ1) is 22.8. The minimum absolute atomic E-state index is 0.0424. The predicted octanol–water partition coefficient (Wildman–Crippen LogP) is 2.68. The first-order chi connectivity index (χ1) is 13.9. The van der Waals surface area contributed by atoms with Crippen LogP contribution < -0.4 is 19.5 Å². The van der Waals surface area contributed by atoms with E-state index in [-0.39, 0.29) is 22.4 Å². The van der Waals surface area contributed by atoms with Crippen molar-refractivity contribution in [3.05, 3.63) is 47.5 Å². The summed E-state index contributed by atoms with van der Waals surface area (Å²) in [6.45, 7) is 0.893. The first-order valence-corrected chi connectivity index (χ1v) is 10.6. The van der Waals surface area contributed by atoms with Crippen molar-refractivity contribution in [1.82, 2.24) is 5.32 Å². The average molecular weight is 443 g/mol. The summed E-state index contributed by atoms with van der Waals surface area (Å²) in [6, 6.07) is 10.3. The van der Waals surface area contributed by atoms with Gasteiger partial charge >= 0.3 is 0 Å². The molecule has 2 aromatic rings. The highest BCUT2D eigenvalue weighted by atomic mass is 35.5. The lowest BCUT2D eigenvalue weighted by Gasteiger charge is -2.11. The van der Waals surface area contributed by atoms with E-state index in [0.717, 1.165) is 0 Å². The molecule has 2 aromatic carbocycles. The van der Waals surface area contributed by atoms with Gasteiger partial charge in [0.1, 0.15) is 11.5 Å². The fourth-order valence-corrected chi connectivity index (χ4v) is 3.61. The summed E-state index contributed by atoms with van der Waals surface area (Å²) in [7, 11) is -0.746. The second kappa shape index (κ2) is 10.9. The van der Waals surface area contributed by atoms with Crippen molar-refractivity contribution in [1.29, 1.82) is 0 Å². The van der Waals surface area contributed by atoms with E-state index in [1.165, 1.54) is 37.4 Å². The molecule has 158 valence electrons. The van der Waals surface area contributed by atoms with E-state index < -0.39 is 10.0 Å². The van der Waals surface area contributed by atoms with Gasteiger partial charge in [0, 0.05) is 20.3 Å². The van der Waals surface area contributed by atoms with Gasteiger partial charge in [0.2, 0.25) is 0 Å². The molecule has 2 rings (SSSR count).